The van der Waals surface area contributed by atoms with Crippen LogP contribution in [0.3, 0.4) is 0 Å². The summed E-state index contributed by atoms with van der Waals surface area (Å²) in [6.07, 6.45) is 14.1. The molecule has 3 aliphatic carbocycles. The summed E-state index contributed by atoms with van der Waals surface area (Å²) in [6.45, 7) is 12.5. The van der Waals surface area contributed by atoms with Gasteiger partial charge in [-0.05, 0) is 68.4 Å². The molecule has 4 atom stereocenters. The number of fused-ring (bicyclic) bond motifs is 3. The Morgan fingerprint density at radius 3 is 2.25 bits per heavy atom. The van der Waals surface area contributed by atoms with Crippen molar-refractivity contribution in [2.75, 3.05) is 0 Å². The van der Waals surface area contributed by atoms with Crippen LogP contribution >= 0.6 is 0 Å². The van der Waals surface area contributed by atoms with Gasteiger partial charge in [-0.15, -0.1) is 0 Å². The van der Waals surface area contributed by atoms with Crippen molar-refractivity contribution in [3.8, 4) is 11.8 Å². The molecule has 28 heavy (non-hydrogen) atoms. The molecule has 3 aliphatic rings. The number of rotatable bonds is 0. The lowest BCUT2D eigenvalue weighted by Gasteiger charge is -2.44. The Bertz CT molecular complexity index is 720. The molecule has 2 fully saturated rings. The first-order chi connectivity index (χ1) is 13.7. The molecule has 1 aromatic rings. The van der Waals surface area contributed by atoms with Gasteiger partial charge < -0.3 is 0 Å². The summed E-state index contributed by atoms with van der Waals surface area (Å²) < 4.78 is 0. The van der Waals surface area contributed by atoms with Crippen molar-refractivity contribution >= 4 is 0 Å². The highest BCUT2D eigenvalue weighted by atomic mass is 14.4. The normalized spacial score (nSPS) is 27.6. The maximum atomic E-state index is 3.38. The van der Waals surface area contributed by atoms with Gasteiger partial charge >= 0.3 is 0 Å². The molecule has 0 saturated heterocycles. The topological polar surface area (TPSA) is 0 Å². The lowest BCUT2D eigenvalue weighted by molar-refractivity contribution is 0.163. The number of aryl methyl sites for hydroxylation is 1. The summed E-state index contributed by atoms with van der Waals surface area (Å²) in [5, 5.41) is 0. The summed E-state index contributed by atoms with van der Waals surface area (Å²) in [5.41, 5.74) is 5.30. The molecule has 0 aromatic heterocycles. The van der Waals surface area contributed by atoms with Crippen LogP contribution in [0.1, 0.15) is 77.8 Å². The minimum absolute atomic E-state index is 0.645. The van der Waals surface area contributed by atoms with E-state index in [-0.39, 0.29) is 0 Å². The van der Waals surface area contributed by atoms with Crippen LogP contribution in [0.2, 0.25) is 0 Å². The quantitative estimate of drug-likeness (QED) is 0.404. The zero-order valence-electron chi connectivity index (χ0n) is 18.9. The van der Waals surface area contributed by atoms with Crippen molar-refractivity contribution in [2.45, 2.75) is 73.6 Å². The van der Waals surface area contributed by atoms with E-state index in [0.717, 1.165) is 23.3 Å². The SMILES string of the molecule is CC.CC.Cc1ccc(C#CC2=CC=C3C([CH]2)CCC2CC(C)CCC32)cc1. The van der Waals surface area contributed by atoms with Crippen LogP contribution < -0.4 is 0 Å². The molecule has 0 amide bonds. The molecule has 0 spiro atoms. The Kier molecular flexibility index (Phi) is 9.11. The highest BCUT2D eigenvalue weighted by Gasteiger charge is 2.38. The Labute approximate surface area is 174 Å². The molecular formula is C28H39. The average molecular weight is 376 g/mol. The Balaban J connectivity index is 0.000000660. The molecule has 1 aromatic carbocycles. The van der Waals surface area contributed by atoms with Crippen molar-refractivity contribution in [2.24, 2.45) is 23.7 Å². The van der Waals surface area contributed by atoms with Crippen molar-refractivity contribution in [1.82, 2.24) is 0 Å². The Morgan fingerprint density at radius 2 is 1.54 bits per heavy atom. The highest BCUT2D eigenvalue weighted by Crippen LogP contribution is 2.49. The van der Waals surface area contributed by atoms with E-state index in [1.807, 2.05) is 27.7 Å². The minimum atomic E-state index is 0.645. The molecule has 0 nitrogen and oxygen atoms in total. The van der Waals surface area contributed by atoms with Crippen molar-refractivity contribution < 1.29 is 0 Å². The third-order valence-corrected chi connectivity index (χ3v) is 6.19. The lowest BCUT2D eigenvalue weighted by atomic mass is 9.61. The first kappa shape index (κ1) is 22.5. The van der Waals surface area contributed by atoms with E-state index in [2.05, 4.69) is 68.5 Å². The van der Waals surface area contributed by atoms with Crippen LogP contribution in [0.5, 0.6) is 0 Å². The van der Waals surface area contributed by atoms with Crippen LogP contribution in [0, 0.1) is 48.9 Å². The highest BCUT2D eigenvalue weighted by molar-refractivity contribution is 5.49. The van der Waals surface area contributed by atoms with E-state index in [0.29, 0.717) is 5.92 Å². The maximum absolute atomic E-state index is 3.38. The molecule has 0 aliphatic heterocycles. The van der Waals surface area contributed by atoms with Crippen molar-refractivity contribution in [3.05, 3.63) is 65.1 Å². The van der Waals surface area contributed by atoms with Crippen LogP contribution in [-0.4, -0.2) is 0 Å². The van der Waals surface area contributed by atoms with Crippen LogP contribution in [0.25, 0.3) is 0 Å². The van der Waals surface area contributed by atoms with Gasteiger partial charge in [-0.2, -0.15) is 0 Å². The molecule has 0 heteroatoms. The summed E-state index contributed by atoms with van der Waals surface area (Å²) in [4.78, 5) is 0. The van der Waals surface area contributed by atoms with Gasteiger partial charge in [0.25, 0.3) is 0 Å². The fourth-order valence-corrected chi connectivity index (χ4v) is 4.84. The van der Waals surface area contributed by atoms with E-state index in [4.69, 9.17) is 0 Å². The van der Waals surface area contributed by atoms with E-state index in [1.54, 1.807) is 5.57 Å². The number of hydrogen-bond donors (Lipinski definition) is 0. The maximum Gasteiger partial charge on any atom is 0.0249 e. The Hall–Kier alpha value is -1.74. The number of allylic oxidation sites excluding steroid dienone is 4. The van der Waals surface area contributed by atoms with Gasteiger partial charge in [-0.1, -0.05) is 88.3 Å². The molecule has 0 heterocycles. The fraction of sp³-hybridized carbons (Fsp3) is 0.536. The molecular weight excluding hydrogens is 336 g/mol. The summed E-state index contributed by atoms with van der Waals surface area (Å²) in [5.74, 6) is 10.1. The van der Waals surface area contributed by atoms with Gasteiger partial charge in [-0.3, -0.25) is 0 Å². The minimum Gasteiger partial charge on any atom is -0.0683 e. The molecule has 2 saturated carbocycles. The van der Waals surface area contributed by atoms with Crippen molar-refractivity contribution in [3.63, 3.8) is 0 Å². The standard InChI is InChI=1S/C24H27.2C2H6/c1-17-3-6-19(7-4-17)8-9-20-10-14-24-22(16-20)12-11-21-15-18(2)5-13-23(21)24;2*1-2/h3-4,6-7,10,14,16,18,21-23H,5,11-13,15H2,1-2H3;2*1-2H3. The van der Waals surface area contributed by atoms with Gasteiger partial charge in [0.2, 0.25) is 0 Å². The largest absolute Gasteiger partial charge is 0.0683 e. The molecule has 151 valence electrons. The molecule has 1 radical (unpaired) electrons. The van der Waals surface area contributed by atoms with E-state index in [1.165, 1.54) is 43.2 Å². The van der Waals surface area contributed by atoms with Gasteiger partial charge in [0.05, 0.1) is 0 Å². The first-order valence-electron chi connectivity index (χ1n) is 11.5. The second kappa shape index (κ2) is 11.3. The molecule has 4 rings (SSSR count). The van der Waals surface area contributed by atoms with E-state index >= 15 is 0 Å². The third kappa shape index (κ3) is 5.64. The van der Waals surface area contributed by atoms with Crippen LogP contribution in [-0.2, 0) is 0 Å². The second-order valence-electron chi connectivity index (χ2n) is 8.04. The fourth-order valence-electron chi connectivity index (χ4n) is 4.84. The molecule has 0 bridgehead atoms. The average Bonchev–Trinajstić information content (AvgIpc) is 2.75. The van der Waals surface area contributed by atoms with Gasteiger partial charge in [0.1, 0.15) is 0 Å². The van der Waals surface area contributed by atoms with Gasteiger partial charge in [0, 0.05) is 17.6 Å². The van der Waals surface area contributed by atoms with Gasteiger partial charge in [-0.25, -0.2) is 0 Å². The third-order valence-electron chi connectivity index (χ3n) is 6.19. The lowest BCUT2D eigenvalue weighted by Crippen LogP contribution is -2.33. The molecule has 0 N–H and O–H groups in total. The summed E-state index contributed by atoms with van der Waals surface area (Å²) in [6, 6.07) is 8.49. The smallest absolute Gasteiger partial charge is 0.0249 e. The predicted octanol–water partition coefficient (Wildman–Crippen LogP) is 7.93. The Morgan fingerprint density at radius 1 is 0.821 bits per heavy atom. The first-order valence-corrected chi connectivity index (χ1v) is 11.5. The number of benzene rings is 1. The van der Waals surface area contributed by atoms with Crippen molar-refractivity contribution in [1.29, 1.82) is 0 Å². The number of hydrogen-bond acceptors (Lipinski definition) is 0. The van der Waals surface area contributed by atoms with E-state index in [9.17, 15) is 0 Å². The second-order valence-corrected chi connectivity index (χ2v) is 8.04. The zero-order chi connectivity index (χ0) is 20.5. The van der Waals surface area contributed by atoms with Crippen LogP contribution in [0.15, 0.2) is 47.6 Å². The van der Waals surface area contributed by atoms with Crippen LogP contribution in [0.4, 0.5) is 0 Å². The van der Waals surface area contributed by atoms with Gasteiger partial charge in [0.15, 0.2) is 0 Å². The van der Waals surface area contributed by atoms with E-state index < -0.39 is 0 Å². The zero-order valence-corrected chi connectivity index (χ0v) is 18.9. The summed E-state index contributed by atoms with van der Waals surface area (Å²) in [7, 11) is 0. The monoisotopic (exact) mass is 375 g/mol. The summed E-state index contributed by atoms with van der Waals surface area (Å²) >= 11 is 0. The molecule has 4 unspecified atom stereocenters. The predicted molar refractivity (Wildman–Crippen MR) is 124 cm³/mol.